The molecule has 4 unspecified atom stereocenters. The predicted molar refractivity (Wildman–Crippen MR) is 498 cm³/mol. The monoisotopic (exact) mass is 1940 g/mol. The fourth-order valence-corrected chi connectivity index (χ4v) is 36.7. The number of thiophene rings is 8. The average Bonchev–Trinajstić information content (AvgIpc) is 1.57. The molecule has 106 heavy (non-hydrogen) atoms. The van der Waals surface area contributed by atoms with Gasteiger partial charge in [-0.2, -0.15) is 17.5 Å². The Labute approximate surface area is 698 Å². The van der Waals surface area contributed by atoms with Crippen molar-refractivity contribution >= 4 is 251 Å². The largest absolute Gasteiger partial charge is 0.336 e. The molecular formula is C86H110Br2N6S10Sn2. The predicted octanol–water partition coefficient (Wildman–Crippen LogP) is 32.9. The van der Waals surface area contributed by atoms with Crippen molar-refractivity contribution in [1.82, 2.24) is 26.6 Å². The van der Waals surface area contributed by atoms with Crippen LogP contribution in [-0.4, -0.2) is 63.4 Å². The summed E-state index contributed by atoms with van der Waals surface area (Å²) in [5, 5.41) is 0. The van der Waals surface area contributed by atoms with E-state index in [4.69, 9.17) is 8.75 Å². The number of hydrogen-bond donors (Lipinski definition) is 0. The normalized spacial score (nSPS) is 14.1. The first kappa shape index (κ1) is 83.3. The third-order valence-corrected chi connectivity index (χ3v) is 52.2. The Morgan fingerprint density at radius 2 is 0.670 bits per heavy atom. The van der Waals surface area contributed by atoms with Crippen LogP contribution in [0, 0.1) is 37.5 Å². The van der Waals surface area contributed by atoms with Gasteiger partial charge in [-0.05, 0) is 131 Å². The van der Waals surface area contributed by atoms with Gasteiger partial charge in [-0.3, -0.25) is 0 Å². The number of rotatable bonds is 33. The SMILES string of the molecule is Brc1ccc(-c2ccc(-c3ccc(Br)s3)c3nsnc23)s1.CCCCC(CC)CC(CC(CC)CCCC)n1c2c[c]([Sn]([CH3])([CH3])[CH3])sc2c2s[c]([Sn]([CH3])([CH3])[CH3])cc21.CCCCC(CC)CC(CC(CC)CCCC)n1c2cc(C)sc2c2sc(-c3ccc(-c4ccc(-c5ccc(C)s5)c5nsnc45)s3)cc21. The maximum absolute atomic E-state index is 4.80. The molecule has 0 radical (unpaired) electrons. The molecule has 4 atom stereocenters. The van der Waals surface area contributed by atoms with Gasteiger partial charge in [0.05, 0.1) is 51.5 Å². The molecule has 0 fully saturated rings. The first-order valence-electron chi connectivity index (χ1n) is 39.4. The molecule has 12 aromatic heterocycles. The van der Waals surface area contributed by atoms with Gasteiger partial charge >= 0.3 is 242 Å². The number of halogens is 2. The van der Waals surface area contributed by atoms with Crippen LogP contribution in [0.5, 0.6) is 0 Å². The summed E-state index contributed by atoms with van der Waals surface area (Å²) in [5.74, 6) is 3.27. The van der Waals surface area contributed by atoms with Crippen LogP contribution in [-0.2, 0) is 0 Å². The maximum atomic E-state index is 4.80. The minimum absolute atomic E-state index is 0.537. The topological polar surface area (TPSA) is 61.4 Å². The van der Waals surface area contributed by atoms with Crippen LogP contribution in [0.15, 0.2) is 105 Å². The number of aryl methyl sites for hydroxylation is 2. The molecule has 0 bridgehead atoms. The molecule has 14 aromatic rings. The molecule has 0 aliphatic rings. The summed E-state index contributed by atoms with van der Waals surface area (Å²) in [5.41, 5.74) is 14.8. The van der Waals surface area contributed by atoms with Crippen molar-refractivity contribution in [2.75, 3.05) is 0 Å². The Bertz CT molecular complexity index is 4980. The zero-order valence-corrected chi connectivity index (χ0v) is 82.4. The van der Waals surface area contributed by atoms with Crippen molar-refractivity contribution in [3.05, 3.63) is 114 Å². The van der Waals surface area contributed by atoms with E-state index in [0.717, 1.165) is 64.4 Å². The van der Waals surface area contributed by atoms with Crippen molar-refractivity contribution in [2.45, 2.75) is 239 Å². The third kappa shape index (κ3) is 19.3. The zero-order valence-electron chi connectivity index (χ0n) is 65.4. The molecule has 2 aromatic carbocycles. The van der Waals surface area contributed by atoms with E-state index in [1.165, 1.54) is 222 Å². The van der Waals surface area contributed by atoms with Crippen LogP contribution in [0.25, 0.3) is 114 Å². The van der Waals surface area contributed by atoms with Gasteiger partial charge < -0.3 is 4.57 Å². The van der Waals surface area contributed by atoms with E-state index in [1.54, 1.807) is 48.9 Å². The molecule has 0 aliphatic heterocycles. The van der Waals surface area contributed by atoms with Crippen LogP contribution >= 0.6 is 146 Å². The van der Waals surface area contributed by atoms with E-state index in [0.29, 0.717) is 12.1 Å². The van der Waals surface area contributed by atoms with E-state index in [-0.39, 0.29) is 0 Å². The minimum Gasteiger partial charge on any atom is -0.336 e. The molecule has 0 saturated carbocycles. The average molecular weight is 1950 g/mol. The Morgan fingerprint density at radius 1 is 0.340 bits per heavy atom. The van der Waals surface area contributed by atoms with Crippen LogP contribution in [0.3, 0.4) is 0 Å². The smallest absolute Gasteiger partial charge is 0.114 e. The number of fused-ring (bicyclic) bond motifs is 8. The van der Waals surface area contributed by atoms with Gasteiger partial charge in [0, 0.05) is 67.3 Å². The molecule has 566 valence electrons. The van der Waals surface area contributed by atoms with Crippen LogP contribution in [0.1, 0.15) is 206 Å². The molecule has 0 amide bonds. The number of nitrogens with zero attached hydrogens (tertiary/aromatic N) is 6. The summed E-state index contributed by atoms with van der Waals surface area (Å²) < 4.78 is 36.3. The van der Waals surface area contributed by atoms with Crippen molar-refractivity contribution in [1.29, 1.82) is 0 Å². The van der Waals surface area contributed by atoms with E-state index in [9.17, 15) is 0 Å². The van der Waals surface area contributed by atoms with Crippen molar-refractivity contribution in [3.8, 4) is 51.5 Å². The first-order valence-corrected chi connectivity index (χ1v) is 68.9. The molecule has 6 nitrogen and oxygen atoms in total. The van der Waals surface area contributed by atoms with E-state index < -0.39 is 36.8 Å². The summed E-state index contributed by atoms with van der Waals surface area (Å²) in [4.78, 5) is 26.0. The Kier molecular flexibility index (Phi) is 29.7. The fraction of sp³-hybridized carbons (Fsp3) is 0.488. The van der Waals surface area contributed by atoms with E-state index >= 15 is 0 Å². The second kappa shape index (κ2) is 37.9. The Hall–Kier alpha value is -2.16. The summed E-state index contributed by atoms with van der Waals surface area (Å²) in [6.07, 6.45) is 26.7. The summed E-state index contributed by atoms with van der Waals surface area (Å²) >= 11 is 20.8. The minimum atomic E-state index is -2.14. The number of unbranched alkanes of at least 4 members (excludes halogenated alkanes) is 4. The van der Waals surface area contributed by atoms with Gasteiger partial charge in [-0.15, -0.1) is 68.0 Å². The van der Waals surface area contributed by atoms with Crippen LogP contribution < -0.4 is 5.79 Å². The molecule has 14 rings (SSSR count). The van der Waals surface area contributed by atoms with Gasteiger partial charge in [-0.25, -0.2) is 0 Å². The number of aromatic nitrogens is 6. The molecule has 20 heteroatoms. The van der Waals surface area contributed by atoms with Crippen LogP contribution in [0.4, 0.5) is 0 Å². The molecule has 0 N–H and O–H groups in total. The third-order valence-electron chi connectivity index (χ3n) is 21.9. The van der Waals surface area contributed by atoms with Gasteiger partial charge in [0.15, 0.2) is 0 Å². The maximum Gasteiger partial charge on any atom is 0.114 e. The van der Waals surface area contributed by atoms with Crippen molar-refractivity contribution in [3.63, 3.8) is 0 Å². The van der Waals surface area contributed by atoms with Crippen molar-refractivity contribution < 1.29 is 0 Å². The van der Waals surface area contributed by atoms with E-state index in [1.807, 2.05) is 45.3 Å². The van der Waals surface area contributed by atoms with Gasteiger partial charge in [-0.1, -0.05) is 103 Å². The molecule has 0 saturated heterocycles. The van der Waals surface area contributed by atoms with Gasteiger partial charge in [0.25, 0.3) is 0 Å². The molecule has 12 heterocycles. The number of hydrogen-bond acceptors (Lipinski definition) is 14. The zero-order chi connectivity index (χ0) is 75.1. The van der Waals surface area contributed by atoms with Gasteiger partial charge in [0.1, 0.15) is 22.1 Å². The summed E-state index contributed by atoms with van der Waals surface area (Å²) in [6, 6.07) is 37.7. The first-order chi connectivity index (χ1) is 51.1. The summed E-state index contributed by atoms with van der Waals surface area (Å²) in [7, 11) is 0. The molecule has 0 spiro atoms. The second-order valence-corrected chi connectivity index (χ2v) is 75.3. The van der Waals surface area contributed by atoms with Gasteiger partial charge in [0.2, 0.25) is 0 Å². The van der Waals surface area contributed by atoms with Crippen LogP contribution in [0.2, 0.25) is 29.6 Å². The molecular weight excluding hydrogens is 1830 g/mol. The van der Waals surface area contributed by atoms with Crippen molar-refractivity contribution in [2.24, 2.45) is 23.7 Å². The fourth-order valence-electron chi connectivity index (χ4n) is 15.6. The van der Waals surface area contributed by atoms with E-state index in [2.05, 4.69) is 268 Å². The Balaban J connectivity index is 0.000000161. The quantitative estimate of drug-likeness (QED) is 0.0385. The second-order valence-electron chi connectivity index (χ2n) is 31.7. The number of benzene rings is 2. The standard InChI is InChI=1S/C41H49N3S5.C25H37NS2.C14H6Br2N2S3.6CH3.2Sn/c1-7-11-13-27(9-3)22-29(23-28(10-4)14-12-8-2)44-32-21-26(6)46-40(32)41-33(44)24-37(48-41)36-20-19-35(47-36)31-17-16-30(34-18-15-25(5)45-34)38-39(31)43-49-42-38;1-5-9-11-19(7-3)17-21(18-20(8-4)12-10-6-2)26-22-13-15-27-24(22)25-23(26)14-16-28-25;15-11-5-3-9(19-11)7-1-2-8(10-4-6-12(16)20-10)14-13(7)17-21-18-14;;;;;;;;/h15-21,24,27-29H,7-14,22-23H2,1-6H3;13-14,19-21H,5-12,17-18H2,1-4H3;1-6H;6*1H3;;. The molecule has 0 aliphatic carbocycles. The summed E-state index contributed by atoms with van der Waals surface area (Å²) in [6.45, 7) is 23.6. The Morgan fingerprint density at radius 3 is 1.02 bits per heavy atom.